The molecule has 104 valence electrons. The van der Waals surface area contributed by atoms with E-state index in [1.54, 1.807) is 30.3 Å². The first kappa shape index (κ1) is 14.2. The molecule has 0 spiro atoms. The van der Waals surface area contributed by atoms with Crippen LogP contribution in [-0.4, -0.2) is 11.7 Å². The third-order valence-electron chi connectivity index (χ3n) is 2.84. The van der Waals surface area contributed by atoms with Crippen LogP contribution in [0.3, 0.4) is 0 Å². The molecule has 0 aliphatic carbocycles. The molecule has 0 radical (unpaired) electrons. The zero-order chi connectivity index (χ0) is 14.5. The summed E-state index contributed by atoms with van der Waals surface area (Å²) in [5.74, 6) is -2.42. The molecule has 1 unspecified atom stereocenters. The van der Waals surface area contributed by atoms with Crippen LogP contribution in [0.2, 0.25) is 0 Å². The molecular weight excluding hydrogens is 262 g/mol. The van der Waals surface area contributed by atoms with Crippen molar-refractivity contribution in [2.24, 2.45) is 0 Å². The first-order chi connectivity index (χ1) is 9.65. The van der Waals surface area contributed by atoms with Gasteiger partial charge in [0.15, 0.2) is 11.6 Å². The molecule has 1 atom stereocenters. The second-order valence-electron chi connectivity index (χ2n) is 4.19. The summed E-state index contributed by atoms with van der Waals surface area (Å²) < 4.78 is 32.3. The SMILES string of the molecule is C=CCOc1c(C(O)c2ccccc2)ccc(F)c1F. The van der Waals surface area contributed by atoms with Crippen molar-refractivity contribution in [2.45, 2.75) is 6.10 Å². The summed E-state index contributed by atoms with van der Waals surface area (Å²) >= 11 is 0. The molecule has 0 heterocycles. The Morgan fingerprint density at radius 2 is 1.85 bits per heavy atom. The molecule has 2 aromatic carbocycles. The second kappa shape index (κ2) is 6.30. The summed E-state index contributed by atoms with van der Waals surface area (Å²) in [6, 6.07) is 11.0. The van der Waals surface area contributed by atoms with Crippen LogP contribution >= 0.6 is 0 Å². The van der Waals surface area contributed by atoms with Crippen molar-refractivity contribution in [1.82, 2.24) is 0 Å². The van der Waals surface area contributed by atoms with Gasteiger partial charge in [-0.25, -0.2) is 4.39 Å². The Balaban J connectivity index is 2.45. The van der Waals surface area contributed by atoms with Crippen LogP contribution in [0.4, 0.5) is 8.78 Å². The summed E-state index contributed by atoms with van der Waals surface area (Å²) in [7, 11) is 0. The van der Waals surface area contributed by atoms with Gasteiger partial charge in [-0.05, 0) is 17.7 Å². The van der Waals surface area contributed by atoms with Crippen molar-refractivity contribution in [3.63, 3.8) is 0 Å². The van der Waals surface area contributed by atoms with E-state index in [1.807, 2.05) is 0 Å². The first-order valence-corrected chi connectivity index (χ1v) is 6.09. The number of benzene rings is 2. The van der Waals surface area contributed by atoms with Crippen molar-refractivity contribution in [2.75, 3.05) is 6.61 Å². The van der Waals surface area contributed by atoms with Crippen LogP contribution in [-0.2, 0) is 0 Å². The van der Waals surface area contributed by atoms with Gasteiger partial charge in [0.25, 0.3) is 0 Å². The summed E-state index contributed by atoms with van der Waals surface area (Å²) in [5, 5.41) is 10.3. The van der Waals surface area contributed by atoms with E-state index in [9.17, 15) is 13.9 Å². The van der Waals surface area contributed by atoms with Crippen LogP contribution < -0.4 is 4.74 Å². The number of ether oxygens (including phenoxy) is 1. The largest absolute Gasteiger partial charge is 0.486 e. The van der Waals surface area contributed by atoms with E-state index >= 15 is 0 Å². The van der Waals surface area contributed by atoms with E-state index in [0.717, 1.165) is 6.07 Å². The Morgan fingerprint density at radius 1 is 1.15 bits per heavy atom. The standard InChI is InChI=1S/C16H14F2O2/c1-2-10-20-16-12(8-9-13(17)14(16)18)15(19)11-6-4-3-5-7-11/h2-9,15,19H,1,10H2. The Morgan fingerprint density at radius 3 is 2.50 bits per heavy atom. The Kier molecular flexibility index (Phi) is 4.48. The lowest BCUT2D eigenvalue weighted by Gasteiger charge is -2.17. The van der Waals surface area contributed by atoms with Gasteiger partial charge in [0.1, 0.15) is 12.7 Å². The van der Waals surface area contributed by atoms with Crippen LogP contribution in [0, 0.1) is 11.6 Å². The number of halogens is 2. The van der Waals surface area contributed by atoms with Gasteiger partial charge in [0.05, 0.1) is 0 Å². The number of aliphatic hydroxyl groups is 1. The van der Waals surface area contributed by atoms with Crippen molar-refractivity contribution >= 4 is 0 Å². The van der Waals surface area contributed by atoms with Gasteiger partial charge in [-0.1, -0.05) is 43.0 Å². The van der Waals surface area contributed by atoms with Gasteiger partial charge >= 0.3 is 0 Å². The molecule has 1 N–H and O–H groups in total. The fourth-order valence-electron chi connectivity index (χ4n) is 1.87. The van der Waals surface area contributed by atoms with Crippen molar-refractivity contribution < 1.29 is 18.6 Å². The number of rotatable bonds is 5. The molecule has 0 saturated heterocycles. The van der Waals surface area contributed by atoms with Crippen LogP contribution in [0.5, 0.6) is 5.75 Å². The predicted octanol–water partition coefficient (Wildman–Crippen LogP) is 3.61. The summed E-state index contributed by atoms with van der Waals surface area (Å²) in [6.45, 7) is 3.48. The van der Waals surface area contributed by atoms with Crippen LogP contribution in [0.15, 0.2) is 55.1 Å². The highest BCUT2D eigenvalue weighted by Gasteiger charge is 2.21. The van der Waals surface area contributed by atoms with Gasteiger partial charge < -0.3 is 9.84 Å². The van der Waals surface area contributed by atoms with Gasteiger partial charge in [0, 0.05) is 5.56 Å². The summed E-state index contributed by atoms with van der Waals surface area (Å²) in [6.07, 6.45) is 0.328. The fraction of sp³-hybridized carbons (Fsp3) is 0.125. The Labute approximate surface area is 115 Å². The molecule has 0 bridgehead atoms. The molecule has 2 rings (SSSR count). The smallest absolute Gasteiger partial charge is 0.201 e. The van der Waals surface area contributed by atoms with E-state index in [-0.39, 0.29) is 17.9 Å². The third-order valence-corrected chi connectivity index (χ3v) is 2.84. The maximum Gasteiger partial charge on any atom is 0.201 e. The molecule has 4 heteroatoms. The van der Waals surface area contributed by atoms with Gasteiger partial charge in [-0.3, -0.25) is 0 Å². The minimum Gasteiger partial charge on any atom is -0.486 e. The molecule has 0 fully saturated rings. The third kappa shape index (κ3) is 2.86. The molecule has 2 aromatic rings. The monoisotopic (exact) mass is 276 g/mol. The lowest BCUT2D eigenvalue weighted by Crippen LogP contribution is -2.07. The molecule has 20 heavy (non-hydrogen) atoms. The molecule has 0 aliphatic rings. The zero-order valence-corrected chi connectivity index (χ0v) is 10.7. The van der Waals surface area contributed by atoms with E-state index in [1.165, 1.54) is 12.1 Å². The summed E-state index contributed by atoms with van der Waals surface area (Å²) in [4.78, 5) is 0. The number of hydrogen-bond acceptors (Lipinski definition) is 2. The normalized spacial score (nSPS) is 11.9. The second-order valence-corrected chi connectivity index (χ2v) is 4.19. The van der Waals surface area contributed by atoms with E-state index in [2.05, 4.69) is 6.58 Å². The molecule has 0 aromatic heterocycles. The molecule has 0 aliphatic heterocycles. The minimum absolute atomic E-state index is 0.0227. The topological polar surface area (TPSA) is 29.5 Å². The molecular formula is C16H14F2O2. The van der Waals surface area contributed by atoms with Crippen LogP contribution in [0.25, 0.3) is 0 Å². The Bertz CT molecular complexity index is 597. The maximum absolute atomic E-state index is 13.8. The maximum atomic E-state index is 13.8. The lowest BCUT2D eigenvalue weighted by molar-refractivity contribution is 0.210. The van der Waals surface area contributed by atoms with Crippen LogP contribution in [0.1, 0.15) is 17.2 Å². The van der Waals surface area contributed by atoms with E-state index < -0.39 is 17.7 Å². The highest BCUT2D eigenvalue weighted by Crippen LogP contribution is 2.33. The highest BCUT2D eigenvalue weighted by molar-refractivity contribution is 5.42. The average molecular weight is 276 g/mol. The summed E-state index contributed by atoms with van der Waals surface area (Å²) in [5.41, 5.74) is 0.749. The fourth-order valence-corrected chi connectivity index (χ4v) is 1.87. The average Bonchev–Trinajstić information content (AvgIpc) is 2.49. The van der Waals surface area contributed by atoms with Gasteiger partial charge in [0.2, 0.25) is 5.82 Å². The molecule has 0 amide bonds. The highest BCUT2D eigenvalue weighted by atomic mass is 19.2. The molecule has 0 saturated carbocycles. The van der Waals surface area contributed by atoms with E-state index in [4.69, 9.17) is 4.74 Å². The first-order valence-electron chi connectivity index (χ1n) is 6.09. The zero-order valence-electron chi connectivity index (χ0n) is 10.7. The minimum atomic E-state index is -1.11. The Hall–Kier alpha value is -2.20. The number of hydrogen-bond donors (Lipinski definition) is 1. The van der Waals surface area contributed by atoms with Gasteiger partial charge in [-0.2, -0.15) is 4.39 Å². The number of aliphatic hydroxyl groups excluding tert-OH is 1. The lowest BCUT2D eigenvalue weighted by atomic mass is 10.0. The van der Waals surface area contributed by atoms with Crippen molar-refractivity contribution in [3.8, 4) is 5.75 Å². The van der Waals surface area contributed by atoms with Crippen molar-refractivity contribution in [1.29, 1.82) is 0 Å². The van der Waals surface area contributed by atoms with E-state index in [0.29, 0.717) is 5.56 Å². The quantitative estimate of drug-likeness (QED) is 0.845. The molecule has 2 nitrogen and oxygen atoms in total. The van der Waals surface area contributed by atoms with Crippen molar-refractivity contribution in [3.05, 3.63) is 77.9 Å². The predicted molar refractivity (Wildman–Crippen MR) is 72.6 cm³/mol. The van der Waals surface area contributed by atoms with Gasteiger partial charge in [-0.15, -0.1) is 0 Å².